The molecule has 8 heteroatoms. The van der Waals surface area contributed by atoms with Crippen molar-refractivity contribution in [3.05, 3.63) is 99.7 Å². The maximum Gasteiger partial charge on any atom is 0.283 e. The van der Waals surface area contributed by atoms with Gasteiger partial charge in [-0.25, -0.2) is 4.90 Å². The van der Waals surface area contributed by atoms with E-state index in [4.69, 9.17) is 23.2 Å². The molecule has 1 aliphatic rings. The third kappa shape index (κ3) is 4.49. The van der Waals surface area contributed by atoms with Gasteiger partial charge in [0, 0.05) is 11.3 Å². The van der Waals surface area contributed by atoms with E-state index in [1.807, 2.05) is 19.1 Å². The summed E-state index contributed by atoms with van der Waals surface area (Å²) < 4.78 is 0. The fourth-order valence-electron chi connectivity index (χ4n) is 3.46. The molecule has 3 amide bonds. The van der Waals surface area contributed by atoms with Crippen molar-refractivity contribution in [3.8, 4) is 0 Å². The Morgan fingerprint density at radius 1 is 0.879 bits per heavy atom. The Balaban J connectivity index is 1.51. The molecule has 0 atom stereocenters. The van der Waals surface area contributed by atoms with Crippen LogP contribution in [0.3, 0.4) is 0 Å². The minimum atomic E-state index is -0.583. The number of aryl methyl sites for hydroxylation is 1. The Kier molecular flexibility index (Phi) is 6.49. The van der Waals surface area contributed by atoms with Crippen molar-refractivity contribution in [2.45, 2.75) is 13.3 Å². The molecule has 0 aromatic heterocycles. The van der Waals surface area contributed by atoms with E-state index in [9.17, 15) is 14.4 Å². The van der Waals surface area contributed by atoms with Crippen LogP contribution in [0.5, 0.6) is 0 Å². The lowest BCUT2D eigenvalue weighted by Crippen LogP contribution is -2.33. The lowest BCUT2D eigenvalue weighted by molar-refractivity contribution is -0.120. The number of nitrogens with zero attached hydrogens (tertiary/aromatic N) is 1. The zero-order valence-corrected chi connectivity index (χ0v) is 19.1. The maximum atomic E-state index is 13.0. The Labute approximate surface area is 200 Å². The highest BCUT2D eigenvalue weighted by Gasteiger charge is 2.39. The number of amides is 3. The Hall–Kier alpha value is -3.61. The number of hydrogen-bond donors (Lipinski definition) is 2. The molecule has 0 unspecified atom stereocenters. The van der Waals surface area contributed by atoms with Crippen LogP contribution in [-0.4, -0.2) is 17.7 Å². The van der Waals surface area contributed by atoms with E-state index < -0.39 is 11.8 Å². The largest absolute Gasteiger partial charge is 0.350 e. The molecule has 0 saturated heterocycles. The Morgan fingerprint density at radius 2 is 1.55 bits per heavy atom. The van der Waals surface area contributed by atoms with Crippen LogP contribution in [-0.2, 0) is 16.0 Å². The number of carbonyl (C=O) groups is 3. The first-order chi connectivity index (χ1) is 15.9. The van der Waals surface area contributed by atoms with Gasteiger partial charge in [0.2, 0.25) is 0 Å². The summed E-state index contributed by atoms with van der Waals surface area (Å²) in [7, 11) is 0. The van der Waals surface area contributed by atoms with E-state index in [0.717, 1.165) is 10.5 Å². The molecule has 0 spiro atoms. The van der Waals surface area contributed by atoms with E-state index >= 15 is 0 Å². The highest BCUT2D eigenvalue weighted by molar-refractivity contribution is 6.53. The molecule has 6 nitrogen and oxygen atoms in total. The summed E-state index contributed by atoms with van der Waals surface area (Å²) in [6.45, 7) is 1.95. The second kappa shape index (κ2) is 9.48. The van der Waals surface area contributed by atoms with E-state index in [0.29, 0.717) is 34.1 Å². The van der Waals surface area contributed by atoms with E-state index in [1.54, 1.807) is 60.7 Å². The molecule has 0 saturated carbocycles. The number of hydrogen-bond acceptors (Lipinski definition) is 4. The SMILES string of the molecule is CCc1ccccc1N1C(=O)C(Cl)=C(Nc2ccc(C(=O)Nc3ccccc3Cl)cc2)C1=O. The van der Waals surface area contributed by atoms with Crippen LogP contribution in [0.4, 0.5) is 17.1 Å². The molecule has 33 heavy (non-hydrogen) atoms. The number of imide groups is 1. The molecule has 1 aliphatic heterocycles. The smallest absolute Gasteiger partial charge is 0.283 e. The second-order valence-corrected chi connectivity index (χ2v) is 8.04. The molecule has 1 heterocycles. The minimum absolute atomic E-state index is 0.0131. The monoisotopic (exact) mass is 479 g/mol. The van der Waals surface area contributed by atoms with Crippen molar-refractivity contribution in [3.63, 3.8) is 0 Å². The zero-order chi connectivity index (χ0) is 23.5. The molecule has 0 radical (unpaired) electrons. The van der Waals surface area contributed by atoms with E-state index in [-0.39, 0.29) is 16.6 Å². The minimum Gasteiger partial charge on any atom is -0.350 e. The predicted octanol–water partition coefficient (Wildman–Crippen LogP) is 5.59. The lowest BCUT2D eigenvalue weighted by atomic mass is 10.1. The van der Waals surface area contributed by atoms with Crippen molar-refractivity contribution < 1.29 is 14.4 Å². The van der Waals surface area contributed by atoms with Gasteiger partial charge >= 0.3 is 0 Å². The maximum absolute atomic E-state index is 13.0. The highest BCUT2D eigenvalue weighted by Crippen LogP contribution is 2.32. The summed E-state index contributed by atoms with van der Waals surface area (Å²) in [5, 5.41) is 5.91. The van der Waals surface area contributed by atoms with Crippen molar-refractivity contribution in [2.75, 3.05) is 15.5 Å². The van der Waals surface area contributed by atoms with Crippen molar-refractivity contribution in [2.24, 2.45) is 0 Å². The summed E-state index contributed by atoms with van der Waals surface area (Å²) in [6.07, 6.45) is 0.658. The number of benzene rings is 3. The van der Waals surface area contributed by atoms with Crippen LogP contribution in [0.25, 0.3) is 0 Å². The van der Waals surface area contributed by atoms with Gasteiger partial charge < -0.3 is 10.6 Å². The highest BCUT2D eigenvalue weighted by atomic mass is 35.5. The van der Waals surface area contributed by atoms with Gasteiger partial charge in [-0.05, 0) is 54.4 Å². The number of para-hydroxylation sites is 2. The summed E-state index contributed by atoms with van der Waals surface area (Å²) in [5.74, 6) is -1.45. The van der Waals surface area contributed by atoms with Crippen LogP contribution in [0.15, 0.2) is 83.5 Å². The first kappa shape index (κ1) is 22.6. The molecule has 0 bridgehead atoms. The van der Waals surface area contributed by atoms with Crippen molar-refractivity contribution in [1.82, 2.24) is 0 Å². The molecule has 4 rings (SSSR count). The zero-order valence-electron chi connectivity index (χ0n) is 17.6. The molecular weight excluding hydrogens is 461 g/mol. The number of carbonyl (C=O) groups excluding carboxylic acids is 3. The molecule has 3 aromatic rings. The predicted molar refractivity (Wildman–Crippen MR) is 131 cm³/mol. The number of nitrogens with one attached hydrogen (secondary N) is 2. The topological polar surface area (TPSA) is 78.5 Å². The Morgan fingerprint density at radius 3 is 2.24 bits per heavy atom. The first-order valence-electron chi connectivity index (χ1n) is 10.2. The van der Waals surface area contributed by atoms with Gasteiger partial charge in [-0.3, -0.25) is 14.4 Å². The third-order valence-corrected chi connectivity index (χ3v) is 5.86. The van der Waals surface area contributed by atoms with Crippen LogP contribution >= 0.6 is 23.2 Å². The van der Waals surface area contributed by atoms with Gasteiger partial charge in [0.1, 0.15) is 10.7 Å². The lowest BCUT2D eigenvalue weighted by Gasteiger charge is -2.18. The van der Waals surface area contributed by atoms with E-state index in [2.05, 4.69) is 10.6 Å². The quantitative estimate of drug-likeness (QED) is 0.451. The average molecular weight is 480 g/mol. The standard InChI is InChI=1S/C25H19Cl2N3O3/c1-2-15-7-3-6-10-20(15)30-24(32)21(27)22(25(30)33)28-17-13-11-16(12-14-17)23(31)29-19-9-5-4-8-18(19)26/h3-14,28H,2H2,1H3,(H,29,31). The number of halogens is 2. The summed E-state index contributed by atoms with van der Waals surface area (Å²) in [5.41, 5.74) is 2.76. The Bertz CT molecular complexity index is 1290. The van der Waals surface area contributed by atoms with Gasteiger partial charge in [0.25, 0.3) is 17.7 Å². The number of anilines is 3. The summed E-state index contributed by atoms with van der Waals surface area (Å²) >= 11 is 12.3. The van der Waals surface area contributed by atoms with E-state index in [1.165, 1.54) is 0 Å². The van der Waals surface area contributed by atoms with Crippen LogP contribution < -0.4 is 15.5 Å². The average Bonchev–Trinajstić information content (AvgIpc) is 3.04. The van der Waals surface area contributed by atoms with Gasteiger partial charge in [-0.15, -0.1) is 0 Å². The van der Waals surface area contributed by atoms with Crippen LogP contribution in [0.1, 0.15) is 22.8 Å². The fourth-order valence-corrected chi connectivity index (χ4v) is 3.86. The third-order valence-electron chi connectivity index (χ3n) is 5.18. The molecule has 0 aliphatic carbocycles. The summed E-state index contributed by atoms with van der Waals surface area (Å²) in [4.78, 5) is 39.4. The molecule has 166 valence electrons. The summed E-state index contributed by atoms with van der Waals surface area (Å²) in [6, 6.07) is 20.6. The van der Waals surface area contributed by atoms with Crippen molar-refractivity contribution in [1.29, 1.82) is 0 Å². The molecule has 2 N–H and O–H groups in total. The van der Waals surface area contributed by atoms with Gasteiger partial charge in [0.15, 0.2) is 0 Å². The van der Waals surface area contributed by atoms with Gasteiger partial charge in [0.05, 0.1) is 16.4 Å². The van der Waals surface area contributed by atoms with Gasteiger partial charge in [-0.1, -0.05) is 60.5 Å². The second-order valence-electron chi connectivity index (χ2n) is 7.25. The fraction of sp³-hybridized carbons (Fsp3) is 0.0800. The normalized spacial score (nSPS) is 13.5. The molecular formula is C25H19Cl2N3O3. The molecule has 3 aromatic carbocycles. The number of rotatable bonds is 6. The van der Waals surface area contributed by atoms with Gasteiger partial charge in [-0.2, -0.15) is 0 Å². The van der Waals surface area contributed by atoms with Crippen molar-refractivity contribution >= 4 is 58.0 Å². The van der Waals surface area contributed by atoms with Crippen LogP contribution in [0, 0.1) is 0 Å². The first-order valence-corrected chi connectivity index (χ1v) is 11.0. The van der Waals surface area contributed by atoms with Crippen LogP contribution in [0.2, 0.25) is 5.02 Å². The molecule has 0 fully saturated rings.